The van der Waals surface area contributed by atoms with Crippen LogP contribution in [0.15, 0.2) is 11.0 Å². The summed E-state index contributed by atoms with van der Waals surface area (Å²) in [6.45, 7) is 0. The molecule has 0 unspecified atom stereocenters. The molecule has 0 amide bonds. The fourth-order valence-electron chi connectivity index (χ4n) is 0.921. The van der Waals surface area contributed by atoms with E-state index in [9.17, 15) is 4.79 Å². The van der Waals surface area contributed by atoms with Gasteiger partial charge in [-0.25, -0.2) is 4.79 Å². The van der Waals surface area contributed by atoms with Gasteiger partial charge in [-0.05, 0) is 0 Å². The highest BCUT2D eigenvalue weighted by Crippen LogP contribution is 2.14. The standard InChI is InChI=1S/C5H5N5O2/c6-12-4-2-1-7-10-3(2)8-5(11)9-4/h1H,6H2,(H2,7,8,9,10,11). The largest absolute Gasteiger partial charge is 0.390 e. The highest BCUT2D eigenvalue weighted by atomic mass is 16.6. The number of H-pyrrole nitrogens is 2. The van der Waals surface area contributed by atoms with Gasteiger partial charge in [0.15, 0.2) is 0 Å². The molecule has 12 heavy (non-hydrogen) atoms. The zero-order valence-electron chi connectivity index (χ0n) is 5.87. The smallest absolute Gasteiger partial charge is 0.349 e. The van der Waals surface area contributed by atoms with E-state index in [1.54, 1.807) is 0 Å². The molecule has 7 nitrogen and oxygen atoms in total. The average Bonchev–Trinajstić information content (AvgIpc) is 2.50. The Morgan fingerprint density at radius 3 is 3.17 bits per heavy atom. The lowest BCUT2D eigenvalue weighted by atomic mass is 10.4. The summed E-state index contributed by atoms with van der Waals surface area (Å²) in [4.78, 5) is 21.1. The van der Waals surface area contributed by atoms with E-state index in [-0.39, 0.29) is 5.88 Å². The summed E-state index contributed by atoms with van der Waals surface area (Å²) in [5.74, 6) is 4.94. The van der Waals surface area contributed by atoms with Crippen molar-refractivity contribution in [1.82, 2.24) is 20.2 Å². The van der Waals surface area contributed by atoms with Crippen molar-refractivity contribution >= 4 is 11.0 Å². The second-order valence-corrected chi connectivity index (χ2v) is 2.12. The summed E-state index contributed by atoms with van der Waals surface area (Å²) < 4.78 is 0. The first-order valence-corrected chi connectivity index (χ1v) is 3.11. The quantitative estimate of drug-likeness (QED) is 0.467. The van der Waals surface area contributed by atoms with E-state index in [2.05, 4.69) is 25.0 Å². The minimum Gasteiger partial charge on any atom is -0.390 e. The summed E-state index contributed by atoms with van der Waals surface area (Å²) in [5.41, 5.74) is -0.0948. The van der Waals surface area contributed by atoms with Crippen molar-refractivity contribution in [2.75, 3.05) is 0 Å². The summed E-state index contributed by atoms with van der Waals surface area (Å²) in [5, 5.41) is 6.77. The molecular formula is C5H5N5O2. The first-order valence-electron chi connectivity index (χ1n) is 3.11. The molecule has 0 saturated heterocycles. The Morgan fingerprint density at radius 2 is 2.42 bits per heavy atom. The minimum atomic E-state index is -0.535. The molecule has 7 heteroatoms. The van der Waals surface area contributed by atoms with Crippen molar-refractivity contribution in [1.29, 1.82) is 0 Å². The highest BCUT2D eigenvalue weighted by Gasteiger charge is 2.06. The second-order valence-electron chi connectivity index (χ2n) is 2.12. The van der Waals surface area contributed by atoms with Crippen LogP contribution in [0.3, 0.4) is 0 Å². The molecule has 0 radical (unpaired) electrons. The molecule has 0 aliphatic heterocycles. The molecule has 2 heterocycles. The SMILES string of the molecule is NOc1nc(=O)[nH]c2[nH]ncc12. The topological polar surface area (TPSA) is 110 Å². The number of aromatic nitrogens is 4. The molecule has 2 aromatic heterocycles. The van der Waals surface area contributed by atoms with E-state index in [4.69, 9.17) is 5.90 Å². The fraction of sp³-hybridized carbons (Fsp3) is 0. The van der Waals surface area contributed by atoms with E-state index in [0.717, 1.165) is 0 Å². The number of fused-ring (bicyclic) bond motifs is 1. The fourth-order valence-corrected chi connectivity index (χ4v) is 0.921. The molecule has 62 valence electrons. The predicted molar refractivity (Wildman–Crippen MR) is 39.3 cm³/mol. The van der Waals surface area contributed by atoms with E-state index >= 15 is 0 Å². The molecule has 4 N–H and O–H groups in total. The van der Waals surface area contributed by atoms with Gasteiger partial charge < -0.3 is 4.84 Å². The van der Waals surface area contributed by atoms with Crippen molar-refractivity contribution in [2.45, 2.75) is 0 Å². The molecule has 0 aromatic carbocycles. The van der Waals surface area contributed by atoms with Crippen LogP contribution in [0.25, 0.3) is 11.0 Å². The van der Waals surface area contributed by atoms with Crippen LogP contribution in [0.5, 0.6) is 5.88 Å². The van der Waals surface area contributed by atoms with Crippen molar-refractivity contribution in [3.05, 3.63) is 16.7 Å². The van der Waals surface area contributed by atoms with Gasteiger partial charge in [0.05, 0.1) is 6.20 Å². The molecule has 2 aromatic rings. The molecule has 0 atom stereocenters. The van der Waals surface area contributed by atoms with Gasteiger partial charge in [-0.2, -0.15) is 16.0 Å². The molecule has 0 bridgehead atoms. The summed E-state index contributed by atoms with van der Waals surface area (Å²) >= 11 is 0. The predicted octanol–water partition coefficient (Wildman–Crippen LogP) is -1.10. The first kappa shape index (κ1) is 6.80. The molecule has 0 saturated carbocycles. The van der Waals surface area contributed by atoms with Gasteiger partial charge in [-0.15, -0.1) is 0 Å². The number of nitrogens with two attached hydrogens (primary N) is 1. The van der Waals surface area contributed by atoms with Crippen LogP contribution in [0.4, 0.5) is 0 Å². The third kappa shape index (κ3) is 0.839. The van der Waals surface area contributed by atoms with Gasteiger partial charge in [-0.3, -0.25) is 10.1 Å². The van der Waals surface area contributed by atoms with Crippen LogP contribution in [-0.4, -0.2) is 20.2 Å². The van der Waals surface area contributed by atoms with E-state index in [1.165, 1.54) is 6.20 Å². The highest BCUT2D eigenvalue weighted by molar-refractivity contribution is 5.78. The number of hydrogen-bond donors (Lipinski definition) is 3. The number of nitrogens with one attached hydrogen (secondary N) is 2. The maximum absolute atomic E-state index is 10.8. The van der Waals surface area contributed by atoms with Crippen LogP contribution < -0.4 is 16.4 Å². The number of nitrogens with zero attached hydrogens (tertiary/aromatic N) is 2. The third-order valence-corrected chi connectivity index (χ3v) is 1.42. The zero-order chi connectivity index (χ0) is 8.55. The maximum Gasteiger partial charge on any atom is 0.349 e. The molecule has 0 spiro atoms. The van der Waals surface area contributed by atoms with Crippen molar-refractivity contribution < 1.29 is 4.84 Å². The minimum absolute atomic E-state index is 0.0579. The van der Waals surface area contributed by atoms with Crippen LogP contribution in [0.1, 0.15) is 0 Å². The Hall–Kier alpha value is -1.89. The van der Waals surface area contributed by atoms with Crippen LogP contribution in [0.2, 0.25) is 0 Å². The number of hydrogen-bond acceptors (Lipinski definition) is 5. The molecule has 2 rings (SSSR count). The second kappa shape index (κ2) is 2.31. The van der Waals surface area contributed by atoms with E-state index in [1.807, 2.05) is 0 Å². The summed E-state index contributed by atoms with van der Waals surface area (Å²) in [6.07, 6.45) is 1.46. The normalized spacial score (nSPS) is 10.4. The Kier molecular flexibility index (Phi) is 1.31. The number of aromatic amines is 2. The van der Waals surface area contributed by atoms with Gasteiger partial charge in [0.1, 0.15) is 11.0 Å². The summed E-state index contributed by atoms with van der Waals surface area (Å²) in [6, 6.07) is 0. The Morgan fingerprint density at radius 1 is 1.58 bits per heavy atom. The van der Waals surface area contributed by atoms with Crippen molar-refractivity contribution in [3.8, 4) is 5.88 Å². The van der Waals surface area contributed by atoms with Gasteiger partial charge in [0, 0.05) is 0 Å². The van der Waals surface area contributed by atoms with Crippen molar-refractivity contribution in [3.63, 3.8) is 0 Å². The molecule has 0 fully saturated rings. The number of rotatable bonds is 1. The third-order valence-electron chi connectivity index (χ3n) is 1.42. The Labute approximate surface area is 65.5 Å². The Balaban J connectivity index is 2.89. The van der Waals surface area contributed by atoms with Crippen LogP contribution >= 0.6 is 0 Å². The van der Waals surface area contributed by atoms with Gasteiger partial charge in [0.25, 0.3) is 5.88 Å². The molecular weight excluding hydrogens is 162 g/mol. The van der Waals surface area contributed by atoms with Crippen molar-refractivity contribution in [2.24, 2.45) is 5.90 Å². The lowest BCUT2D eigenvalue weighted by Crippen LogP contribution is -2.14. The van der Waals surface area contributed by atoms with Crippen LogP contribution in [-0.2, 0) is 0 Å². The zero-order valence-corrected chi connectivity index (χ0v) is 5.87. The van der Waals surface area contributed by atoms with Gasteiger partial charge in [-0.1, -0.05) is 0 Å². The monoisotopic (exact) mass is 167 g/mol. The van der Waals surface area contributed by atoms with E-state index < -0.39 is 5.69 Å². The Bertz CT molecular complexity index is 458. The lowest BCUT2D eigenvalue weighted by Gasteiger charge is -1.95. The van der Waals surface area contributed by atoms with E-state index in [0.29, 0.717) is 11.0 Å². The van der Waals surface area contributed by atoms with Gasteiger partial charge in [0.2, 0.25) is 0 Å². The molecule has 0 aliphatic rings. The van der Waals surface area contributed by atoms with Gasteiger partial charge >= 0.3 is 5.69 Å². The van der Waals surface area contributed by atoms with Crippen LogP contribution in [0, 0.1) is 0 Å². The summed E-state index contributed by atoms with van der Waals surface area (Å²) in [7, 11) is 0. The average molecular weight is 167 g/mol. The lowest BCUT2D eigenvalue weighted by molar-refractivity contribution is 0.324. The molecule has 0 aliphatic carbocycles. The maximum atomic E-state index is 10.8. The first-order chi connectivity index (χ1) is 5.81.